The van der Waals surface area contributed by atoms with Gasteiger partial charge in [0.25, 0.3) is 0 Å². The minimum atomic E-state index is 0.192. The Morgan fingerprint density at radius 3 is 2.33 bits per heavy atom. The van der Waals surface area contributed by atoms with E-state index < -0.39 is 0 Å². The number of benzene rings is 1. The molecule has 2 nitrogen and oxygen atoms in total. The number of nitrogens with zero attached hydrogens (tertiary/aromatic N) is 1. The van der Waals surface area contributed by atoms with Gasteiger partial charge in [-0.2, -0.15) is 0 Å². The van der Waals surface area contributed by atoms with Crippen LogP contribution in [0.4, 0.5) is 5.69 Å². The van der Waals surface area contributed by atoms with Crippen molar-refractivity contribution >= 4 is 5.69 Å². The standard InChI is InChI=1S/C16H24N2/c1-2-16(17)13-5-7-14(8-6-13)18(15-9-10-15)11-12-3-4-12/h5-8,12,15-16H,2-4,9-11,17H2,1H3. The van der Waals surface area contributed by atoms with Crippen LogP contribution in [0.1, 0.15) is 50.6 Å². The van der Waals surface area contributed by atoms with Crippen LogP contribution in [0.3, 0.4) is 0 Å². The van der Waals surface area contributed by atoms with Crippen molar-refractivity contribution in [1.29, 1.82) is 0 Å². The first-order valence-electron chi connectivity index (χ1n) is 7.40. The Morgan fingerprint density at radius 2 is 1.83 bits per heavy atom. The number of hydrogen-bond acceptors (Lipinski definition) is 2. The van der Waals surface area contributed by atoms with E-state index in [2.05, 4.69) is 36.1 Å². The molecule has 2 aliphatic rings. The largest absolute Gasteiger partial charge is 0.368 e. The van der Waals surface area contributed by atoms with Crippen LogP contribution in [0.15, 0.2) is 24.3 Å². The van der Waals surface area contributed by atoms with Gasteiger partial charge in [0, 0.05) is 24.3 Å². The summed E-state index contributed by atoms with van der Waals surface area (Å²) in [5.74, 6) is 0.961. The van der Waals surface area contributed by atoms with E-state index in [0.717, 1.165) is 18.4 Å². The predicted molar refractivity (Wildman–Crippen MR) is 76.8 cm³/mol. The summed E-state index contributed by atoms with van der Waals surface area (Å²) in [6.45, 7) is 3.41. The van der Waals surface area contributed by atoms with Gasteiger partial charge in [0.15, 0.2) is 0 Å². The Morgan fingerprint density at radius 1 is 1.17 bits per heavy atom. The average molecular weight is 244 g/mol. The van der Waals surface area contributed by atoms with E-state index in [-0.39, 0.29) is 6.04 Å². The fourth-order valence-corrected chi connectivity index (χ4v) is 2.58. The summed E-state index contributed by atoms with van der Waals surface area (Å²) in [5.41, 5.74) is 8.74. The second kappa shape index (κ2) is 4.93. The molecule has 0 bridgehead atoms. The molecule has 1 aromatic carbocycles. The molecule has 18 heavy (non-hydrogen) atoms. The summed E-state index contributed by atoms with van der Waals surface area (Å²) in [6, 6.07) is 9.97. The van der Waals surface area contributed by atoms with Crippen LogP contribution < -0.4 is 10.6 Å². The molecule has 2 fully saturated rings. The Bertz CT molecular complexity index is 390. The van der Waals surface area contributed by atoms with Gasteiger partial charge in [-0.25, -0.2) is 0 Å². The van der Waals surface area contributed by atoms with Crippen LogP contribution >= 0.6 is 0 Å². The van der Waals surface area contributed by atoms with Crippen molar-refractivity contribution in [2.24, 2.45) is 11.7 Å². The smallest absolute Gasteiger partial charge is 0.0369 e. The average Bonchev–Trinajstić information content (AvgIpc) is 3.28. The van der Waals surface area contributed by atoms with Crippen LogP contribution in [-0.4, -0.2) is 12.6 Å². The van der Waals surface area contributed by atoms with Gasteiger partial charge in [-0.3, -0.25) is 0 Å². The first-order chi connectivity index (χ1) is 8.78. The van der Waals surface area contributed by atoms with E-state index in [1.165, 1.54) is 43.5 Å². The SMILES string of the molecule is CCC(N)c1ccc(N(CC2CC2)C2CC2)cc1. The number of nitrogens with two attached hydrogens (primary N) is 1. The first-order valence-corrected chi connectivity index (χ1v) is 7.40. The van der Waals surface area contributed by atoms with Crippen LogP contribution in [0.25, 0.3) is 0 Å². The molecular formula is C16H24N2. The molecule has 0 aromatic heterocycles. The zero-order chi connectivity index (χ0) is 12.5. The lowest BCUT2D eigenvalue weighted by Crippen LogP contribution is -2.28. The monoisotopic (exact) mass is 244 g/mol. The van der Waals surface area contributed by atoms with Gasteiger partial charge in [0.05, 0.1) is 0 Å². The lowest BCUT2D eigenvalue weighted by Gasteiger charge is -2.25. The van der Waals surface area contributed by atoms with Crippen molar-refractivity contribution < 1.29 is 0 Å². The second-order valence-electron chi connectivity index (χ2n) is 5.93. The lowest BCUT2D eigenvalue weighted by atomic mass is 10.0. The van der Waals surface area contributed by atoms with Crippen LogP contribution in [-0.2, 0) is 0 Å². The second-order valence-corrected chi connectivity index (χ2v) is 5.93. The summed E-state index contributed by atoms with van der Waals surface area (Å²) in [6.07, 6.45) is 6.63. The van der Waals surface area contributed by atoms with E-state index in [9.17, 15) is 0 Å². The van der Waals surface area contributed by atoms with Gasteiger partial charge in [0.1, 0.15) is 0 Å². The molecule has 0 aliphatic heterocycles. The van der Waals surface area contributed by atoms with E-state index in [0.29, 0.717) is 0 Å². The van der Waals surface area contributed by atoms with Crippen LogP contribution in [0.2, 0.25) is 0 Å². The third-order valence-corrected chi connectivity index (χ3v) is 4.23. The Hall–Kier alpha value is -1.02. The molecule has 0 radical (unpaired) electrons. The summed E-state index contributed by atoms with van der Waals surface area (Å²) in [4.78, 5) is 2.62. The number of hydrogen-bond donors (Lipinski definition) is 1. The normalized spacial score (nSPS) is 20.8. The molecule has 0 heterocycles. The Kier molecular flexibility index (Phi) is 3.29. The van der Waals surface area contributed by atoms with Crippen molar-refractivity contribution in [3.05, 3.63) is 29.8 Å². The molecule has 1 aromatic rings. The predicted octanol–water partition coefficient (Wildman–Crippen LogP) is 3.48. The quantitative estimate of drug-likeness (QED) is 0.830. The number of anilines is 1. The molecular weight excluding hydrogens is 220 g/mol. The molecule has 2 heteroatoms. The maximum atomic E-state index is 6.07. The number of rotatable bonds is 6. The third-order valence-electron chi connectivity index (χ3n) is 4.23. The van der Waals surface area contributed by atoms with Gasteiger partial charge in [-0.15, -0.1) is 0 Å². The molecule has 2 N–H and O–H groups in total. The van der Waals surface area contributed by atoms with Crippen molar-refractivity contribution in [2.45, 2.75) is 51.1 Å². The minimum Gasteiger partial charge on any atom is -0.368 e. The highest BCUT2D eigenvalue weighted by Crippen LogP contribution is 2.37. The molecule has 2 aliphatic carbocycles. The summed E-state index contributed by atoms with van der Waals surface area (Å²) >= 11 is 0. The molecule has 1 atom stereocenters. The molecule has 0 saturated heterocycles. The third kappa shape index (κ3) is 2.69. The molecule has 2 saturated carbocycles. The maximum Gasteiger partial charge on any atom is 0.0369 e. The van der Waals surface area contributed by atoms with Gasteiger partial charge in [-0.05, 0) is 55.7 Å². The topological polar surface area (TPSA) is 29.3 Å². The molecule has 3 rings (SSSR count). The van der Waals surface area contributed by atoms with E-state index in [4.69, 9.17) is 5.73 Å². The van der Waals surface area contributed by atoms with E-state index in [1.54, 1.807) is 0 Å². The van der Waals surface area contributed by atoms with Crippen LogP contribution in [0.5, 0.6) is 0 Å². The highest BCUT2D eigenvalue weighted by Gasteiger charge is 2.33. The Labute approximate surface area is 110 Å². The fraction of sp³-hybridized carbons (Fsp3) is 0.625. The van der Waals surface area contributed by atoms with Crippen molar-refractivity contribution in [1.82, 2.24) is 0 Å². The molecule has 0 spiro atoms. The van der Waals surface area contributed by atoms with Crippen molar-refractivity contribution in [3.63, 3.8) is 0 Å². The van der Waals surface area contributed by atoms with E-state index >= 15 is 0 Å². The zero-order valence-electron chi connectivity index (χ0n) is 11.3. The summed E-state index contributed by atoms with van der Waals surface area (Å²) in [5, 5.41) is 0. The first kappa shape index (κ1) is 12.0. The molecule has 0 amide bonds. The summed E-state index contributed by atoms with van der Waals surface area (Å²) < 4.78 is 0. The van der Waals surface area contributed by atoms with Gasteiger partial charge < -0.3 is 10.6 Å². The Balaban J connectivity index is 1.72. The van der Waals surface area contributed by atoms with E-state index in [1.807, 2.05) is 0 Å². The van der Waals surface area contributed by atoms with Gasteiger partial charge in [0.2, 0.25) is 0 Å². The summed E-state index contributed by atoms with van der Waals surface area (Å²) in [7, 11) is 0. The van der Waals surface area contributed by atoms with Crippen molar-refractivity contribution in [3.8, 4) is 0 Å². The van der Waals surface area contributed by atoms with Gasteiger partial charge >= 0.3 is 0 Å². The minimum absolute atomic E-state index is 0.192. The molecule has 98 valence electrons. The fourth-order valence-electron chi connectivity index (χ4n) is 2.58. The molecule has 1 unspecified atom stereocenters. The highest BCUT2D eigenvalue weighted by molar-refractivity contribution is 5.50. The van der Waals surface area contributed by atoms with Gasteiger partial charge in [-0.1, -0.05) is 19.1 Å². The highest BCUT2D eigenvalue weighted by atomic mass is 15.2. The van der Waals surface area contributed by atoms with Crippen LogP contribution in [0, 0.1) is 5.92 Å². The van der Waals surface area contributed by atoms with Crippen molar-refractivity contribution in [2.75, 3.05) is 11.4 Å². The maximum absolute atomic E-state index is 6.07. The lowest BCUT2D eigenvalue weighted by molar-refractivity contribution is 0.696. The zero-order valence-corrected chi connectivity index (χ0v) is 11.3.